The van der Waals surface area contributed by atoms with Crippen molar-refractivity contribution >= 4 is 11.8 Å². The summed E-state index contributed by atoms with van der Waals surface area (Å²) in [7, 11) is 0. The Labute approximate surface area is 94.1 Å². The second-order valence-electron chi connectivity index (χ2n) is 4.25. The van der Waals surface area contributed by atoms with E-state index in [-0.39, 0.29) is 18.1 Å². The third-order valence-corrected chi connectivity index (χ3v) is 3.13. The molecule has 1 aliphatic rings. The average Bonchev–Trinajstić information content (AvgIpc) is 2.27. The van der Waals surface area contributed by atoms with Crippen LogP contribution in [0.25, 0.3) is 0 Å². The third kappa shape index (κ3) is 2.30. The summed E-state index contributed by atoms with van der Waals surface area (Å²) in [5.74, 6) is -1.27. The molecule has 1 N–H and O–H groups in total. The van der Waals surface area contributed by atoms with Crippen molar-refractivity contribution in [1.29, 1.82) is 0 Å². The molecule has 1 atom stereocenters. The largest absolute Gasteiger partial charge is 0.481 e. The van der Waals surface area contributed by atoms with Crippen molar-refractivity contribution in [3.63, 3.8) is 0 Å². The van der Waals surface area contributed by atoms with Gasteiger partial charge in [0, 0.05) is 5.92 Å². The number of aliphatic carboxylic acids is 1. The van der Waals surface area contributed by atoms with Crippen LogP contribution in [-0.4, -0.2) is 16.9 Å². The molecule has 16 heavy (non-hydrogen) atoms. The zero-order chi connectivity index (χ0) is 11.5. The van der Waals surface area contributed by atoms with Crippen LogP contribution in [0.4, 0.5) is 0 Å². The molecule has 3 nitrogen and oxygen atoms in total. The van der Waals surface area contributed by atoms with Gasteiger partial charge in [-0.2, -0.15) is 0 Å². The molecule has 0 amide bonds. The van der Waals surface area contributed by atoms with E-state index in [1.165, 1.54) is 11.1 Å². The number of carbonyl (C=O) groups excluding carboxylic acids is 1. The molecule has 0 radical (unpaired) electrons. The second-order valence-corrected chi connectivity index (χ2v) is 4.25. The van der Waals surface area contributed by atoms with E-state index in [0.29, 0.717) is 6.42 Å². The fraction of sp³-hybridized carbons (Fsp3) is 0.385. The first kappa shape index (κ1) is 10.9. The Hall–Kier alpha value is -1.64. The van der Waals surface area contributed by atoms with Crippen molar-refractivity contribution in [1.82, 2.24) is 0 Å². The summed E-state index contributed by atoms with van der Waals surface area (Å²) in [6.45, 7) is 0. The second kappa shape index (κ2) is 4.47. The highest BCUT2D eigenvalue weighted by Gasteiger charge is 2.25. The number of ketones is 1. The number of carbonyl (C=O) groups is 2. The average molecular weight is 218 g/mol. The fourth-order valence-electron chi connectivity index (χ4n) is 2.27. The predicted molar refractivity (Wildman–Crippen MR) is 59.2 cm³/mol. The third-order valence-electron chi connectivity index (χ3n) is 3.13. The molecule has 0 saturated heterocycles. The fourth-order valence-corrected chi connectivity index (χ4v) is 2.27. The van der Waals surface area contributed by atoms with E-state index in [2.05, 4.69) is 6.07 Å². The van der Waals surface area contributed by atoms with Gasteiger partial charge in [-0.1, -0.05) is 24.3 Å². The maximum Gasteiger partial charge on any atom is 0.310 e. The van der Waals surface area contributed by atoms with E-state index in [4.69, 9.17) is 5.11 Å². The normalized spacial score (nSPS) is 18.9. The van der Waals surface area contributed by atoms with Gasteiger partial charge in [0.05, 0.1) is 0 Å². The number of hydrogen-bond acceptors (Lipinski definition) is 2. The summed E-state index contributed by atoms with van der Waals surface area (Å²) in [5, 5.41) is 8.59. The molecule has 0 saturated carbocycles. The van der Waals surface area contributed by atoms with Crippen molar-refractivity contribution < 1.29 is 14.7 Å². The van der Waals surface area contributed by atoms with E-state index in [1.807, 2.05) is 18.2 Å². The Balaban J connectivity index is 2.08. The summed E-state index contributed by atoms with van der Waals surface area (Å²) in [6.07, 6.45) is 2.02. The summed E-state index contributed by atoms with van der Waals surface area (Å²) in [5.41, 5.74) is 2.49. The standard InChI is InChI=1S/C13H14O3/c14-12(8-13(15)16)11-6-5-9-3-1-2-4-10(9)7-11/h1-4,11H,5-8H2,(H,15,16). The van der Waals surface area contributed by atoms with E-state index >= 15 is 0 Å². The molecular formula is C13H14O3. The van der Waals surface area contributed by atoms with Crippen LogP contribution in [0, 0.1) is 5.92 Å². The molecular weight excluding hydrogens is 204 g/mol. The summed E-state index contributed by atoms with van der Waals surface area (Å²) in [6, 6.07) is 8.06. The minimum atomic E-state index is -1.02. The highest BCUT2D eigenvalue weighted by Crippen LogP contribution is 2.26. The number of hydrogen-bond donors (Lipinski definition) is 1. The van der Waals surface area contributed by atoms with E-state index < -0.39 is 5.97 Å². The van der Waals surface area contributed by atoms with Gasteiger partial charge in [-0.3, -0.25) is 9.59 Å². The maximum atomic E-state index is 11.6. The molecule has 1 unspecified atom stereocenters. The smallest absolute Gasteiger partial charge is 0.310 e. The quantitative estimate of drug-likeness (QED) is 0.787. The minimum absolute atomic E-state index is 0.106. The molecule has 0 aliphatic heterocycles. The van der Waals surface area contributed by atoms with Gasteiger partial charge in [-0.05, 0) is 30.4 Å². The first-order valence-electron chi connectivity index (χ1n) is 5.48. The molecule has 1 aromatic rings. The molecule has 3 heteroatoms. The number of carboxylic acid groups (broad SMARTS) is 1. The van der Waals surface area contributed by atoms with Crippen molar-refractivity contribution in [2.24, 2.45) is 5.92 Å². The molecule has 0 aromatic heterocycles. The zero-order valence-electron chi connectivity index (χ0n) is 8.98. The first-order chi connectivity index (χ1) is 7.66. The molecule has 2 rings (SSSR count). The molecule has 0 spiro atoms. The van der Waals surface area contributed by atoms with Gasteiger partial charge in [0.2, 0.25) is 0 Å². The van der Waals surface area contributed by atoms with Gasteiger partial charge in [0.25, 0.3) is 0 Å². The number of aryl methyl sites for hydroxylation is 1. The van der Waals surface area contributed by atoms with Crippen molar-refractivity contribution in [2.45, 2.75) is 25.7 Å². The maximum absolute atomic E-state index is 11.6. The number of rotatable bonds is 3. The van der Waals surface area contributed by atoms with Gasteiger partial charge >= 0.3 is 5.97 Å². The molecule has 84 valence electrons. The lowest BCUT2D eigenvalue weighted by atomic mass is 9.81. The minimum Gasteiger partial charge on any atom is -0.481 e. The lowest BCUT2D eigenvalue weighted by molar-refractivity contribution is -0.141. The Morgan fingerprint density at radius 3 is 2.62 bits per heavy atom. The van der Waals surface area contributed by atoms with Gasteiger partial charge in [0.15, 0.2) is 0 Å². The lowest BCUT2D eigenvalue weighted by Crippen LogP contribution is -2.24. The zero-order valence-corrected chi connectivity index (χ0v) is 8.98. The van der Waals surface area contributed by atoms with Gasteiger partial charge < -0.3 is 5.11 Å². The van der Waals surface area contributed by atoms with Crippen LogP contribution in [0.15, 0.2) is 24.3 Å². The highest BCUT2D eigenvalue weighted by atomic mass is 16.4. The van der Waals surface area contributed by atoms with Crippen molar-refractivity contribution in [2.75, 3.05) is 0 Å². The van der Waals surface area contributed by atoms with Crippen LogP contribution >= 0.6 is 0 Å². The SMILES string of the molecule is O=C(O)CC(=O)C1CCc2ccccc2C1. The van der Waals surface area contributed by atoms with Gasteiger partial charge in [0.1, 0.15) is 12.2 Å². The molecule has 0 bridgehead atoms. The Morgan fingerprint density at radius 2 is 1.94 bits per heavy atom. The Morgan fingerprint density at radius 1 is 1.25 bits per heavy atom. The monoisotopic (exact) mass is 218 g/mol. The van der Waals surface area contributed by atoms with Crippen LogP contribution < -0.4 is 0 Å². The van der Waals surface area contributed by atoms with Crippen LogP contribution in [0.2, 0.25) is 0 Å². The van der Waals surface area contributed by atoms with Crippen molar-refractivity contribution in [3.8, 4) is 0 Å². The number of Topliss-reactive ketones (excluding diaryl/α,β-unsaturated/α-hetero) is 1. The summed E-state index contributed by atoms with van der Waals surface area (Å²) >= 11 is 0. The van der Waals surface area contributed by atoms with E-state index in [1.54, 1.807) is 0 Å². The summed E-state index contributed by atoms with van der Waals surface area (Å²) < 4.78 is 0. The van der Waals surface area contributed by atoms with E-state index in [0.717, 1.165) is 12.8 Å². The number of fused-ring (bicyclic) bond motifs is 1. The topological polar surface area (TPSA) is 54.4 Å². The molecule has 1 aliphatic carbocycles. The Bertz CT molecular complexity index is 423. The molecule has 1 aromatic carbocycles. The van der Waals surface area contributed by atoms with Gasteiger partial charge in [-0.15, -0.1) is 0 Å². The van der Waals surface area contributed by atoms with Crippen molar-refractivity contribution in [3.05, 3.63) is 35.4 Å². The van der Waals surface area contributed by atoms with Crippen LogP contribution in [-0.2, 0) is 22.4 Å². The first-order valence-corrected chi connectivity index (χ1v) is 5.48. The van der Waals surface area contributed by atoms with Gasteiger partial charge in [-0.25, -0.2) is 0 Å². The van der Waals surface area contributed by atoms with Crippen LogP contribution in [0.1, 0.15) is 24.0 Å². The number of carboxylic acids is 1. The van der Waals surface area contributed by atoms with Crippen LogP contribution in [0.5, 0.6) is 0 Å². The number of benzene rings is 1. The predicted octanol–water partition coefficient (Wildman–Crippen LogP) is 1.84. The molecule has 0 fully saturated rings. The summed E-state index contributed by atoms with van der Waals surface area (Å²) in [4.78, 5) is 22.1. The van der Waals surface area contributed by atoms with Crippen LogP contribution in [0.3, 0.4) is 0 Å². The lowest BCUT2D eigenvalue weighted by Gasteiger charge is -2.22. The Kier molecular flexibility index (Phi) is 3.04. The van der Waals surface area contributed by atoms with E-state index in [9.17, 15) is 9.59 Å². The highest BCUT2D eigenvalue weighted by molar-refractivity contribution is 5.96. The molecule has 0 heterocycles.